The molecular formula is C19H25NO. The van der Waals surface area contributed by atoms with E-state index in [1.54, 1.807) is 7.11 Å². The zero-order chi connectivity index (χ0) is 15.2. The minimum Gasteiger partial charge on any atom is -0.497 e. The van der Waals surface area contributed by atoms with Gasteiger partial charge in [0.15, 0.2) is 0 Å². The number of rotatable bonds is 5. The minimum atomic E-state index is 0.533. The Morgan fingerprint density at radius 1 is 1.33 bits per heavy atom. The van der Waals surface area contributed by atoms with E-state index in [0.717, 1.165) is 12.2 Å². The van der Waals surface area contributed by atoms with Crippen molar-refractivity contribution < 1.29 is 4.74 Å². The summed E-state index contributed by atoms with van der Waals surface area (Å²) in [7, 11) is 1.70. The van der Waals surface area contributed by atoms with E-state index in [9.17, 15) is 0 Å². The summed E-state index contributed by atoms with van der Waals surface area (Å²) in [5, 5.41) is 8.80. The summed E-state index contributed by atoms with van der Waals surface area (Å²) in [5.74, 6) is 2.68. The maximum Gasteiger partial charge on any atom is 0.118 e. The SMILES string of the molecule is C=C(C)[C@@H]1CCC(CCC#N)C[C@H]1c1ccc(OC)cc1. The Hall–Kier alpha value is -1.75. The largest absolute Gasteiger partial charge is 0.497 e. The number of benzene rings is 1. The number of nitriles is 1. The molecule has 21 heavy (non-hydrogen) atoms. The van der Waals surface area contributed by atoms with Crippen molar-refractivity contribution in [3.8, 4) is 11.8 Å². The van der Waals surface area contributed by atoms with E-state index < -0.39 is 0 Å². The van der Waals surface area contributed by atoms with Gasteiger partial charge in [-0.05, 0) is 68.1 Å². The summed E-state index contributed by atoms with van der Waals surface area (Å²) < 4.78 is 5.25. The Balaban J connectivity index is 2.16. The normalized spacial score (nSPS) is 25.1. The number of hydrogen-bond acceptors (Lipinski definition) is 2. The van der Waals surface area contributed by atoms with Gasteiger partial charge >= 0.3 is 0 Å². The van der Waals surface area contributed by atoms with Crippen LogP contribution in [0.15, 0.2) is 36.4 Å². The van der Waals surface area contributed by atoms with Crippen molar-refractivity contribution in [3.63, 3.8) is 0 Å². The molecule has 2 heteroatoms. The third-order valence-corrected chi connectivity index (χ3v) is 4.80. The maximum atomic E-state index is 8.80. The average molecular weight is 283 g/mol. The fraction of sp³-hybridized carbons (Fsp3) is 0.526. The molecule has 1 aromatic rings. The molecule has 112 valence electrons. The first kappa shape index (κ1) is 15.6. The molecule has 0 saturated heterocycles. The van der Waals surface area contributed by atoms with Crippen molar-refractivity contribution >= 4 is 0 Å². The molecule has 0 bridgehead atoms. The van der Waals surface area contributed by atoms with Gasteiger partial charge in [-0.2, -0.15) is 5.26 Å². The second-order valence-corrected chi connectivity index (χ2v) is 6.21. The Morgan fingerprint density at radius 3 is 2.62 bits per heavy atom. The lowest BCUT2D eigenvalue weighted by Gasteiger charge is -2.37. The van der Waals surface area contributed by atoms with Gasteiger partial charge in [-0.15, -0.1) is 0 Å². The third kappa shape index (κ3) is 3.88. The molecule has 2 rings (SSSR count). The minimum absolute atomic E-state index is 0.533. The number of hydrogen-bond donors (Lipinski definition) is 0. The van der Waals surface area contributed by atoms with Gasteiger partial charge in [0.2, 0.25) is 0 Å². The molecule has 1 saturated carbocycles. The smallest absolute Gasteiger partial charge is 0.118 e. The van der Waals surface area contributed by atoms with Gasteiger partial charge in [0.1, 0.15) is 5.75 Å². The van der Waals surface area contributed by atoms with Gasteiger partial charge in [-0.25, -0.2) is 0 Å². The van der Waals surface area contributed by atoms with Gasteiger partial charge in [-0.3, -0.25) is 0 Å². The Labute approximate surface area is 128 Å². The number of methoxy groups -OCH3 is 1. The summed E-state index contributed by atoms with van der Waals surface area (Å²) in [5.41, 5.74) is 2.67. The highest BCUT2D eigenvalue weighted by Gasteiger charge is 2.31. The van der Waals surface area contributed by atoms with E-state index in [4.69, 9.17) is 10.00 Å². The van der Waals surface area contributed by atoms with Crippen molar-refractivity contribution in [1.29, 1.82) is 5.26 Å². The lowest BCUT2D eigenvalue weighted by atomic mass is 9.68. The van der Waals surface area contributed by atoms with Crippen LogP contribution in [0.1, 0.15) is 50.5 Å². The summed E-state index contributed by atoms with van der Waals surface area (Å²) in [6.07, 6.45) is 5.31. The van der Waals surface area contributed by atoms with Crippen LogP contribution in [-0.4, -0.2) is 7.11 Å². The maximum absolute atomic E-state index is 8.80. The number of ether oxygens (including phenoxy) is 1. The molecule has 1 unspecified atom stereocenters. The van der Waals surface area contributed by atoms with Crippen LogP contribution >= 0.6 is 0 Å². The van der Waals surface area contributed by atoms with E-state index >= 15 is 0 Å². The molecule has 3 atom stereocenters. The number of nitrogens with zero attached hydrogens (tertiary/aromatic N) is 1. The molecule has 1 aromatic carbocycles. The highest BCUT2D eigenvalue weighted by Crippen LogP contribution is 2.45. The van der Waals surface area contributed by atoms with Crippen LogP contribution in [-0.2, 0) is 0 Å². The number of allylic oxidation sites excluding steroid dienone is 1. The quantitative estimate of drug-likeness (QED) is 0.706. The molecule has 0 radical (unpaired) electrons. The van der Waals surface area contributed by atoms with Gasteiger partial charge in [0.25, 0.3) is 0 Å². The van der Waals surface area contributed by atoms with Crippen LogP contribution in [0.4, 0.5) is 0 Å². The van der Waals surface area contributed by atoms with Crippen LogP contribution < -0.4 is 4.74 Å². The Bertz CT molecular complexity index is 511. The van der Waals surface area contributed by atoms with Crippen LogP contribution in [0.5, 0.6) is 5.75 Å². The van der Waals surface area contributed by atoms with Crippen molar-refractivity contribution in [2.75, 3.05) is 7.11 Å². The Morgan fingerprint density at radius 2 is 2.05 bits per heavy atom. The molecule has 1 fully saturated rings. The van der Waals surface area contributed by atoms with E-state index in [0.29, 0.717) is 24.2 Å². The lowest BCUT2D eigenvalue weighted by molar-refractivity contribution is 0.253. The highest BCUT2D eigenvalue weighted by molar-refractivity contribution is 5.31. The molecule has 1 aliphatic carbocycles. The molecule has 0 aliphatic heterocycles. The second-order valence-electron chi connectivity index (χ2n) is 6.21. The monoisotopic (exact) mass is 283 g/mol. The molecule has 0 aromatic heterocycles. The molecular weight excluding hydrogens is 258 g/mol. The van der Waals surface area contributed by atoms with Gasteiger partial charge < -0.3 is 4.74 Å². The van der Waals surface area contributed by atoms with Crippen LogP contribution in [0.3, 0.4) is 0 Å². The van der Waals surface area contributed by atoms with E-state index in [-0.39, 0.29) is 0 Å². The predicted octanol–water partition coefficient (Wildman–Crippen LogP) is 5.07. The summed E-state index contributed by atoms with van der Waals surface area (Å²) in [4.78, 5) is 0. The standard InChI is InChI=1S/C19H25NO/c1-14(2)18-11-6-15(5-4-12-20)13-19(18)16-7-9-17(21-3)10-8-16/h7-10,15,18-19H,1,4-6,11,13H2,2-3H3/t15?,18-,19-/m0/s1. The first-order valence-electron chi connectivity index (χ1n) is 7.82. The average Bonchev–Trinajstić information content (AvgIpc) is 2.52. The zero-order valence-electron chi connectivity index (χ0n) is 13.1. The lowest BCUT2D eigenvalue weighted by Crippen LogP contribution is -2.24. The van der Waals surface area contributed by atoms with E-state index in [2.05, 4.69) is 31.7 Å². The van der Waals surface area contributed by atoms with Gasteiger partial charge in [-0.1, -0.05) is 24.3 Å². The van der Waals surface area contributed by atoms with Gasteiger partial charge in [0.05, 0.1) is 13.2 Å². The third-order valence-electron chi connectivity index (χ3n) is 4.80. The molecule has 0 spiro atoms. The van der Waals surface area contributed by atoms with Crippen molar-refractivity contribution in [1.82, 2.24) is 0 Å². The van der Waals surface area contributed by atoms with E-state index in [1.807, 2.05) is 12.1 Å². The van der Waals surface area contributed by atoms with Crippen molar-refractivity contribution in [2.45, 2.75) is 44.9 Å². The van der Waals surface area contributed by atoms with Gasteiger partial charge in [0, 0.05) is 6.42 Å². The second kappa shape index (κ2) is 7.31. The van der Waals surface area contributed by atoms with Crippen molar-refractivity contribution in [3.05, 3.63) is 42.0 Å². The predicted molar refractivity (Wildman–Crippen MR) is 86.2 cm³/mol. The fourth-order valence-electron chi connectivity index (χ4n) is 3.60. The molecule has 2 nitrogen and oxygen atoms in total. The first-order valence-corrected chi connectivity index (χ1v) is 7.82. The van der Waals surface area contributed by atoms with E-state index in [1.165, 1.54) is 30.4 Å². The zero-order valence-corrected chi connectivity index (χ0v) is 13.1. The summed E-state index contributed by atoms with van der Waals surface area (Å²) >= 11 is 0. The molecule has 0 amide bonds. The topological polar surface area (TPSA) is 33.0 Å². The van der Waals surface area contributed by atoms with Crippen LogP contribution in [0.25, 0.3) is 0 Å². The fourth-order valence-corrected chi connectivity index (χ4v) is 3.60. The molecule has 1 aliphatic rings. The van der Waals surface area contributed by atoms with Crippen LogP contribution in [0, 0.1) is 23.2 Å². The molecule has 0 N–H and O–H groups in total. The first-order chi connectivity index (χ1) is 10.2. The molecule has 0 heterocycles. The highest BCUT2D eigenvalue weighted by atomic mass is 16.5. The van der Waals surface area contributed by atoms with Crippen LogP contribution in [0.2, 0.25) is 0 Å². The Kier molecular flexibility index (Phi) is 5.44. The summed E-state index contributed by atoms with van der Waals surface area (Å²) in [6.45, 7) is 6.35. The van der Waals surface area contributed by atoms with Crippen molar-refractivity contribution in [2.24, 2.45) is 11.8 Å². The summed E-state index contributed by atoms with van der Waals surface area (Å²) in [6, 6.07) is 10.7.